The van der Waals surface area contributed by atoms with Gasteiger partial charge in [-0.05, 0) is 49.5 Å². The minimum Gasteiger partial charge on any atom is -0.352 e. The standard InChI is InChI=1S/C17H16BrN3O2S/c1-2-19-16(23)13-8-3-4-9-14(13)20-17(24)21-15(22)11-6-5-7-12(18)10-11/h3-10H,2H2,1H3,(H,19,23)(H2,20,21,22,24). The highest BCUT2D eigenvalue weighted by Crippen LogP contribution is 2.15. The first-order valence-corrected chi connectivity index (χ1v) is 8.46. The molecule has 0 atom stereocenters. The molecule has 0 aliphatic rings. The Morgan fingerprint density at radius 1 is 1.08 bits per heavy atom. The van der Waals surface area contributed by atoms with Crippen LogP contribution in [-0.4, -0.2) is 23.5 Å². The van der Waals surface area contributed by atoms with Gasteiger partial charge in [0.1, 0.15) is 0 Å². The van der Waals surface area contributed by atoms with E-state index in [0.29, 0.717) is 23.4 Å². The zero-order valence-corrected chi connectivity index (χ0v) is 15.3. The van der Waals surface area contributed by atoms with Gasteiger partial charge in [-0.15, -0.1) is 0 Å². The van der Waals surface area contributed by atoms with Crippen LogP contribution < -0.4 is 16.0 Å². The number of amides is 2. The smallest absolute Gasteiger partial charge is 0.257 e. The molecule has 7 heteroatoms. The highest BCUT2D eigenvalue weighted by molar-refractivity contribution is 9.10. The maximum absolute atomic E-state index is 12.2. The van der Waals surface area contributed by atoms with E-state index in [1.807, 2.05) is 13.0 Å². The molecule has 2 aromatic rings. The molecule has 0 bridgehead atoms. The largest absolute Gasteiger partial charge is 0.352 e. The molecule has 2 amide bonds. The second kappa shape index (κ2) is 8.56. The lowest BCUT2D eigenvalue weighted by Crippen LogP contribution is -2.35. The predicted octanol–water partition coefficient (Wildman–Crippen LogP) is 3.33. The molecule has 2 aromatic carbocycles. The number of hydrogen-bond donors (Lipinski definition) is 3. The highest BCUT2D eigenvalue weighted by atomic mass is 79.9. The van der Waals surface area contributed by atoms with Crippen LogP contribution in [0.1, 0.15) is 27.6 Å². The molecule has 0 aromatic heterocycles. The fourth-order valence-corrected chi connectivity index (χ4v) is 2.61. The molecular weight excluding hydrogens is 390 g/mol. The monoisotopic (exact) mass is 405 g/mol. The fraction of sp³-hybridized carbons (Fsp3) is 0.118. The van der Waals surface area contributed by atoms with Gasteiger partial charge in [0.25, 0.3) is 11.8 Å². The van der Waals surface area contributed by atoms with E-state index in [0.717, 1.165) is 4.47 Å². The number of benzene rings is 2. The lowest BCUT2D eigenvalue weighted by molar-refractivity contribution is 0.0954. The summed E-state index contributed by atoms with van der Waals surface area (Å²) in [7, 11) is 0. The summed E-state index contributed by atoms with van der Waals surface area (Å²) >= 11 is 8.49. The summed E-state index contributed by atoms with van der Waals surface area (Å²) in [5.74, 6) is -0.536. The van der Waals surface area contributed by atoms with Gasteiger partial charge in [-0.3, -0.25) is 14.9 Å². The molecule has 0 aliphatic heterocycles. The maximum Gasteiger partial charge on any atom is 0.257 e. The maximum atomic E-state index is 12.2. The van der Waals surface area contributed by atoms with Crippen molar-refractivity contribution in [2.24, 2.45) is 0 Å². The number of thiocarbonyl (C=S) groups is 1. The Balaban J connectivity index is 2.07. The molecule has 0 radical (unpaired) electrons. The summed E-state index contributed by atoms with van der Waals surface area (Å²) in [6.07, 6.45) is 0. The highest BCUT2D eigenvalue weighted by Gasteiger charge is 2.13. The third-order valence-electron chi connectivity index (χ3n) is 3.07. The summed E-state index contributed by atoms with van der Waals surface area (Å²) in [6.45, 7) is 2.37. The zero-order valence-electron chi connectivity index (χ0n) is 12.9. The molecule has 0 fully saturated rings. The van der Waals surface area contributed by atoms with Crippen LogP contribution >= 0.6 is 28.1 Å². The Morgan fingerprint density at radius 2 is 1.83 bits per heavy atom. The second-order valence-corrected chi connectivity index (χ2v) is 6.15. The van der Waals surface area contributed by atoms with Crippen molar-refractivity contribution in [3.05, 3.63) is 64.1 Å². The first-order chi connectivity index (χ1) is 11.5. The quantitative estimate of drug-likeness (QED) is 0.682. The van der Waals surface area contributed by atoms with Crippen LogP contribution in [0.4, 0.5) is 5.69 Å². The predicted molar refractivity (Wildman–Crippen MR) is 102 cm³/mol. The van der Waals surface area contributed by atoms with Crippen LogP contribution in [0.15, 0.2) is 53.0 Å². The Morgan fingerprint density at radius 3 is 2.54 bits per heavy atom. The lowest BCUT2D eigenvalue weighted by Gasteiger charge is -2.13. The van der Waals surface area contributed by atoms with Gasteiger partial charge in [-0.2, -0.15) is 0 Å². The molecule has 0 aliphatic carbocycles. The van der Waals surface area contributed by atoms with E-state index in [2.05, 4.69) is 31.9 Å². The lowest BCUT2D eigenvalue weighted by atomic mass is 10.1. The van der Waals surface area contributed by atoms with E-state index in [9.17, 15) is 9.59 Å². The molecular formula is C17H16BrN3O2S. The van der Waals surface area contributed by atoms with Crippen molar-refractivity contribution in [1.29, 1.82) is 0 Å². The van der Waals surface area contributed by atoms with Gasteiger partial charge in [-0.25, -0.2) is 0 Å². The van der Waals surface area contributed by atoms with Crippen LogP contribution in [-0.2, 0) is 0 Å². The molecule has 0 saturated carbocycles. The minimum atomic E-state index is -0.329. The number of halogens is 1. The van der Waals surface area contributed by atoms with E-state index >= 15 is 0 Å². The topological polar surface area (TPSA) is 70.2 Å². The third kappa shape index (κ3) is 4.87. The van der Waals surface area contributed by atoms with Crippen molar-refractivity contribution in [3.8, 4) is 0 Å². The first kappa shape index (κ1) is 18.1. The van der Waals surface area contributed by atoms with Crippen LogP contribution in [0.25, 0.3) is 0 Å². The van der Waals surface area contributed by atoms with Gasteiger partial charge in [0.05, 0.1) is 11.3 Å². The van der Waals surface area contributed by atoms with Gasteiger partial charge >= 0.3 is 0 Å². The molecule has 0 saturated heterocycles. The number of anilines is 1. The third-order valence-corrected chi connectivity index (χ3v) is 3.77. The molecule has 0 unspecified atom stereocenters. The minimum absolute atomic E-state index is 0.122. The van der Waals surface area contributed by atoms with Gasteiger partial charge in [0.2, 0.25) is 0 Å². The normalized spacial score (nSPS) is 9.92. The van der Waals surface area contributed by atoms with Gasteiger partial charge in [0.15, 0.2) is 5.11 Å². The second-order valence-electron chi connectivity index (χ2n) is 4.82. The molecule has 5 nitrogen and oxygen atoms in total. The van der Waals surface area contributed by atoms with E-state index in [-0.39, 0.29) is 16.9 Å². The summed E-state index contributed by atoms with van der Waals surface area (Å²) in [5.41, 5.74) is 1.46. The molecule has 0 heterocycles. The first-order valence-electron chi connectivity index (χ1n) is 7.26. The van der Waals surface area contributed by atoms with Crippen LogP contribution in [0.2, 0.25) is 0 Å². The van der Waals surface area contributed by atoms with Crippen LogP contribution in [0.5, 0.6) is 0 Å². The van der Waals surface area contributed by atoms with Gasteiger partial charge in [-0.1, -0.05) is 34.1 Å². The number of carbonyl (C=O) groups is 2. The average molecular weight is 406 g/mol. The SMILES string of the molecule is CCNC(=O)c1ccccc1NC(=S)NC(=O)c1cccc(Br)c1. The van der Waals surface area contributed by atoms with Crippen molar-refractivity contribution >= 4 is 50.8 Å². The number of hydrogen-bond acceptors (Lipinski definition) is 3. The average Bonchev–Trinajstić information content (AvgIpc) is 2.55. The van der Waals surface area contributed by atoms with Crippen molar-refractivity contribution in [1.82, 2.24) is 10.6 Å². The summed E-state index contributed by atoms with van der Waals surface area (Å²) in [5, 5.41) is 8.35. The Bertz CT molecular complexity index is 780. The number of carbonyl (C=O) groups excluding carboxylic acids is 2. The van der Waals surface area contributed by atoms with E-state index in [4.69, 9.17) is 12.2 Å². The van der Waals surface area contributed by atoms with Crippen molar-refractivity contribution in [2.45, 2.75) is 6.92 Å². The summed E-state index contributed by atoms with van der Waals surface area (Å²) < 4.78 is 0.801. The molecule has 124 valence electrons. The summed E-state index contributed by atoms with van der Waals surface area (Å²) in [4.78, 5) is 24.2. The van der Waals surface area contributed by atoms with Crippen molar-refractivity contribution < 1.29 is 9.59 Å². The Kier molecular flexibility index (Phi) is 6.45. The van der Waals surface area contributed by atoms with Crippen molar-refractivity contribution in [3.63, 3.8) is 0 Å². The summed E-state index contributed by atoms with van der Waals surface area (Å²) in [6, 6.07) is 13.9. The molecule has 0 spiro atoms. The number of para-hydroxylation sites is 1. The van der Waals surface area contributed by atoms with Gasteiger partial charge < -0.3 is 10.6 Å². The number of rotatable bonds is 4. The Labute approximate surface area is 154 Å². The molecule has 2 rings (SSSR count). The van der Waals surface area contributed by atoms with Crippen molar-refractivity contribution in [2.75, 3.05) is 11.9 Å². The molecule has 24 heavy (non-hydrogen) atoms. The van der Waals surface area contributed by atoms with Crippen LogP contribution in [0, 0.1) is 0 Å². The van der Waals surface area contributed by atoms with E-state index in [1.165, 1.54) is 0 Å². The van der Waals surface area contributed by atoms with Gasteiger partial charge in [0, 0.05) is 16.6 Å². The van der Waals surface area contributed by atoms with E-state index in [1.54, 1.807) is 42.5 Å². The fourth-order valence-electron chi connectivity index (χ4n) is 2.00. The Hall–Kier alpha value is -2.25. The number of nitrogens with one attached hydrogen (secondary N) is 3. The molecule has 3 N–H and O–H groups in total. The van der Waals surface area contributed by atoms with Crippen LogP contribution in [0.3, 0.4) is 0 Å². The van der Waals surface area contributed by atoms with E-state index < -0.39 is 0 Å². The zero-order chi connectivity index (χ0) is 17.5.